The van der Waals surface area contributed by atoms with Crippen LogP contribution in [0.5, 0.6) is 5.75 Å². The van der Waals surface area contributed by atoms with Crippen molar-refractivity contribution in [3.63, 3.8) is 0 Å². The van der Waals surface area contributed by atoms with Gasteiger partial charge in [0.1, 0.15) is 11.5 Å². The van der Waals surface area contributed by atoms with Gasteiger partial charge in [0.2, 0.25) is 5.60 Å². The molecule has 0 saturated carbocycles. The SMILES string of the molecule is CCOC(=O)[C@]1(O)C(C=O)=C(c2ccccc2)Oc2ccc(C)cc21. The number of fused-ring (bicyclic) bond motifs is 1. The third-order valence-electron chi connectivity index (χ3n) is 4.10. The zero-order valence-corrected chi connectivity index (χ0v) is 14.0. The zero-order chi connectivity index (χ0) is 18.0. The summed E-state index contributed by atoms with van der Waals surface area (Å²) >= 11 is 0. The van der Waals surface area contributed by atoms with E-state index in [1.807, 2.05) is 13.0 Å². The lowest BCUT2D eigenvalue weighted by Gasteiger charge is -2.34. The molecule has 128 valence electrons. The van der Waals surface area contributed by atoms with Crippen molar-refractivity contribution in [3.8, 4) is 5.75 Å². The number of carbonyl (C=O) groups is 2. The first-order valence-electron chi connectivity index (χ1n) is 7.96. The fourth-order valence-electron chi connectivity index (χ4n) is 2.89. The Bertz CT molecular complexity index is 854. The monoisotopic (exact) mass is 338 g/mol. The van der Waals surface area contributed by atoms with Crippen LogP contribution in [0.2, 0.25) is 0 Å². The third kappa shape index (κ3) is 2.72. The average Bonchev–Trinajstić information content (AvgIpc) is 2.63. The van der Waals surface area contributed by atoms with Gasteiger partial charge < -0.3 is 14.6 Å². The normalized spacial score (nSPS) is 19.0. The Morgan fingerprint density at radius 2 is 1.96 bits per heavy atom. The van der Waals surface area contributed by atoms with Crippen LogP contribution in [-0.4, -0.2) is 24.0 Å². The molecule has 0 radical (unpaired) electrons. The summed E-state index contributed by atoms with van der Waals surface area (Å²) in [5, 5.41) is 11.3. The molecule has 0 saturated heterocycles. The molecule has 1 aliphatic rings. The van der Waals surface area contributed by atoms with E-state index < -0.39 is 11.6 Å². The Kier molecular flexibility index (Phi) is 4.42. The lowest BCUT2D eigenvalue weighted by atomic mass is 9.81. The lowest BCUT2D eigenvalue weighted by molar-refractivity contribution is -0.163. The summed E-state index contributed by atoms with van der Waals surface area (Å²) in [4.78, 5) is 24.5. The summed E-state index contributed by atoms with van der Waals surface area (Å²) in [5.74, 6) is -0.450. The molecule has 0 aliphatic carbocycles. The molecule has 25 heavy (non-hydrogen) atoms. The summed E-state index contributed by atoms with van der Waals surface area (Å²) in [6.07, 6.45) is 0.449. The standard InChI is InChI=1S/C20H18O5/c1-3-24-19(22)20(23)15-11-13(2)9-10-17(15)25-18(16(20)12-21)14-7-5-4-6-8-14/h4-12,23H,3H2,1-2H3/t20-/m1/s1. The van der Waals surface area contributed by atoms with Crippen LogP contribution in [0.25, 0.3) is 5.76 Å². The first kappa shape index (κ1) is 16.9. The van der Waals surface area contributed by atoms with E-state index in [1.54, 1.807) is 49.4 Å². The van der Waals surface area contributed by atoms with Crippen molar-refractivity contribution in [2.24, 2.45) is 0 Å². The van der Waals surface area contributed by atoms with Crippen LogP contribution in [0.1, 0.15) is 23.6 Å². The van der Waals surface area contributed by atoms with Crippen molar-refractivity contribution in [2.75, 3.05) is 6.61 Å². The molecule has 0 fully saturated rings. The second-order valence-corrected chi connectivity index (χ2v) is 5.76. The van der Waals surface area contributed by atoms with Gasteiger partial charge in [0.05, 0.1) is 12.2 Å². The van der Waals surface area contributed by atoms with Crippen LogP contribution in [0.15, 0.2) is 54.1 Å². The number of aryl methyl sites for hydroxylation is 1. The first-order chi connectivity index (χ1) is 12.0. The zero-order valence-electron chi connectivity index (χ0n) is 14.0. The van der Waals surface area contributed by atoms with Crippen LogP contribution in [-0.2, 0) is 19.9 Å². The minimum absolute atomic E-state index is 0.0793. The van der Waals surface area contributed by atoms with Gasteiger partial charge in [-0.25, -0.2) is 4.79 Å². The highest BCUT2D eigenvalue weighted by atomic mass is 16.6. The molecule has 3 rings (SSSR count). The number of aliphatic hydroxyl groups is 1. The molecule has 5 nitrogen and oxygen atoms in total. The average molecular weight is 338 g/mol. The first-order valence-corrected chi connectivity index (χ1v) is 7.96. The molecule has 5 heteroatoms. The van der Waals surface area contributed by atoms with Gasteiger partial charge in [0.15, 0.2) is 6.29 Å². The largest absolute Gasteiger partial charge is 0.463 e. The van der Waals surface area contributed by atoms with Gasteiger partial charge in [-0.05, 0) is 26.0 Å². The highest BCUT2D eigenvalue weighted by molar-refractivity contribution is 6.02. The third-order valence-corrected chi connectivity index (χ3v) is 4.10. The van der Waals surface area contributed by atoms with Crippen LogP contribution in [0, 0.1) is 6.92 Å². The summed E-state index contributed by atoms with van der Waals surface area (Å²) < 4.78 is 10.9. The highest BCUT2D eigenvalue weighted by Crippen LogP contribution is 2.45. The van der Waals surface area contributed by atoms with Gasteiger partial charge in [-0.1, -0.05) is 42.0 Å². The van der Waals surface area contributed by atoms with Crippen molar-refractivity contribution >= 4 is 18.0 Å². The molecule has 1 aliphatic heterocycles. The fraction of sp³-hybridized carbons (Fsp3) is 0.200. The number of rotatable bonds is 4. The number of aldehydes is 1. The van der Waals surface area contributed by atoms with Gasteiger partial charge in [0.25, 0.3) is 0 Å². The number of hydrogen-bond acceptors (Lipinski definition) is 5. The van der Waals surface area contributed by atoms with Crippen molar-refractivity contribution in [3.05, 3.63) is 70.8 Å². The van der Waals surface area contributed by atoms with E-state index in [9.17, 15) is 14.7 Å². The summed E-state index contributed by atoms with van der Waals surface area (Å²) in [6, 6.07) is 14.0. The maximum atomic E-state index is 12.6. The number of hydrogen-bond donors (Lipinski definition) is 1. The molecule has 1 heterocycles. The molecular formula is C20H18O5. The quantitative estimate of drug-likeness (QED) is 0.685. The molecule has 0 unspecified atom stereocenters. The molecular weight excluding hydrogens is 320 g/mol. The molecule has 1 atom stereocenters. The summed E-state index contributed by atoms with van der Waals surface area (Å²) in [7, 11) is 0. The van der Waals surface area contributed by atoms with E-state index in [-0.39, 0.29) is 23.5 Å². The molecule has 1 N–H and O–H groups in total. The van der Waals surface area contributed by atoms with Crippen molar-refractivity contribution < 1.29 is 24.2 Å². The maximum absolute atomic E-state index is 12.6. The van der Waals surface area contributed by atoms with Crippen LogP contribution >= 0.6 is 0 Å². The summed E-state index contributed by atoms with van der Waals surface area (Å²) in [5.41, 5.74) is -0.789. The highest BCUT2D eigenvalue weighted by Gasteiger charge is 2.50. The maximum Gasteiger partial charge on any atom is 0.348 e. The molecule has 2 aromatic carbocycles. The van der Waals surface area contributed by atoms with Crippen LogP contribution in [0.3, 0.4) is 0 Å². The number of benzene rings is 2. The van der Waals surface area contributed by atoms with Gasteiger partial charge in [-0.2, -0.15) is 0 Å². The lowest BCUT2D eigenvalue weighted by Crippen LogP contribution is -2.43. The van der Waals surface area contributed by atoms with Crippen LogP contribution < -0.4 is 4.74 Å². The number of carbonyl (C=O) groups excluding carboxylic acids is 2. The van der Waals surface area contributed by atoms with Crippen molar-refractivity contribution in [1.82, 2.24) is 0 Å². The second-order valence-electron chi connectivity index (χ2n) is 5.76. The Morgan fingerprint density at radius 3 is 2.60 bits per heavy atom. The van der Waals surface area contributed by atoms with E-state index >= 15 is 0 Å². The van der Waals surface area contributed by atoms with Gasteiger partial charge >= 0.3 is 5.97 Å². The van der Waals surface area contributed by atoms with Gasteiger partial charge in [-0.15, -0.1) is 0 Å². The fourth-order valence-corrected chi connectivity index (χ4v) is 2.89. The van der Waals surface area contributed by atoms with Gasteiger partial charge in [0, 0.05) is 11.1 Å². The molecule has 0 bridgehead atoms. The van der Waals surface area contributed by atoms with Gasteiger partial charge in [-0.3, -0.25) is 4.79 Å². The Balaban J connectivity index is 2.30. The van der Waals surface area contributed by atoms with E-state index in [0.29, 0.717) is 17.6 Å². The van der Waals surface area contributed by atoms with E-state index in [4.69, 9.17) is 9.47 Å². The summed E-state index contributed by atoms with van der Waals surface area (Å²) in [6.45, 7) is 3.54. The molecule has 0 aromatic heterocycles. The van der Waals surface area contributed by atoms with E-state index in [1.165, 1.54) is 0 Å². The number of esters is 1. The molecule has 2 aromatic rings. The molecule has 0 spiro atoms. The Labute approximate surface area is 145 Å². The topological polar surface area (TPSA) is 72.8 Å². The minimum atomic E-state index is -2.22. The Hall–Kier alpha value is -2.92. The molecule has 0 amide bonds. The van der Waals surface area contributed by atoms with Crippen molar-refractivity contribution in [1.29, 1.82) is 0 Å². The predicted octanol–water partition coefficient (Wildman–Crippen LogP) is 2.75. The second kappa shape index (κ2) is 6.53. The van der Waals surface area contributed by atoms with Crippen LogP contribution in [0.4, 0.5) is 0 Å². The van der Waals surface area contributed by atoms with Crippen molar-refractivity contribution in [2.45, 2.75) is 19.4 Å². The number of ether oxygens (including phenoxy) is 2. The minimum Gasteiger partial charge on any atom is -0.463 e. The smallest absolute Gasteiger partial charge is 0.348 e. The Morgan fingerprint density at radius 1 is 1.24 bits per heavy atom. The van der Waals surface area contributed by atoms with E-state index in [0.717, 1.165) is 5.56 Å². The predicted molar refractivity (Wildman–Crippen MR) is 91.8 cm³/mol. The van der Waals surface area contributed by atoms with E-state index in [2.05, 4.69) is 0 Å².